The Balaban J connectivity index is 1.66. The fourth-order valence-corrected chi connectivity index (χ4v) is 2.57. The smallest absolute Gasteiger partial charge is 0.238 e. The number of benzene rings is 1. The third kappa shape index (κ3) is 2.58. The van der Waals surface area contributed by atoms with Crippen LogP contribution in [0.1, 0.15) is 16.8 Å². The van der Waals surface area contributed by atoms with Crippen molar-refractivity contribution in [2.75, 3.05) is 7.05 Å². The van der Waals surface area contributed by atoms with E-state index in [0.717, 1.165) is 18.7 Å². The Morgan fingerprint density at radius 2 is 2.20 bits per heavy atom. The third-order valence-electron chi connectivity index (χ3n) is 3.72. The van der Waals surface area contributed by atoms with Crippen molar-refractivity contribution in [1.29, 1.82) is 0 Å². The highest BCUT2D eigenvalue weighted by Crippen LogP contribution is 2.21. The number of likely N-dealkylation sites (N-methyl/N-ethyl adjacent to an activating group) is 1. The van der Waals surface area contributed by atoms with Gasteiger partial charge in [0, 0.05) is 12.6 Å². The van der Waals surface area contributed by atoms with E-state index in [0.29, 0.717) is 6.54 Å². The summed E-state index contributed by atoms with van der Waals surface area (Å²) in [5.41, 5.74) is 3.29. The molecule has 2 aromatic rings. The van der Waals surface area contributed by atoms with Gasteiger partial charge in [-0.2, -0.15) is 0 Å². The van der Waals surface area contributed by atoms with E-state index in [2.05, 4.69) is 27.5 Å². The molecule has 0 spiro atoms. The van der Waals surface area contributed by atoms with Crippen molar-refractivity contribution in [3.05, 3.63) is 53.4 Å². The molecule has 1 atom stereocenters. The number of aromatic nitrogens is 1. The molecule has 0 unspecified atom stereocenters. The predicted octanol–water partition coefficient (Wildman–Crippen LogP) is 1.35. The first-order valence-corrected chi connectivity index (χ1v) is 6.68. The maximum absolute atomic E-state index is 12.3. The van der Waals surface area contributed by atoms with Crippen molar-refractivity contribution in [2.45, 2.75) is 25.6 Å². The summed E-state index contributed by atoms with van der Waals surface area (Å²) in [5.74, 6) is 0.0324. The average molecular weight is 271 g/mol. The molecule has 5 heteroatoms. The first-order chi connectivity index (χ1) is 9.74. The zero-order valence-corrected chi connectivity index (χ0v) is 11.4. The van der Waals surface area contributed by atoms with Crippen LogP contribution in [0, 0.1) is 0 Å². The van der Waals surface area contributed by atoms with Crippen molar-refractivity contribution in [3.63, 3.8) is 0 Å². The molecule has 104 valence electrons. The minimum Gasteiger partial charge on any atom is -0.364 e. The first kappa shape index (κ1) is 12.9. The summed E-state index contributed by atoms with van der Waals surface area (Å²) in [7, 11) is 1.98. The summed E-state index contributed by atoms with van der Waals surface area (Å²) in [6, 6.07) is 9.90. The predicted molar refractivity (Wildman–Crippen MR) is 73.8 cm³/mol. The third-order valence-corrected chi connectivity index (χ3v) is 3.72. The molecular formula is C15H17N3O2. The second-order valence-corrected chi connectivity index (χ2v) is 5.11. The molecule has 0 fully saturated rings. The van der Waals surface area contributed by atoms with Crippen LogP contribution >= 0.6 is 0 Å². The fraction of sp³-hybridized carbons (Fsp3) is 0.333. The summed E-state index contributed by atoms with van der Waals surface area (Å²) in [6.45, 7) is 1.21. The summed E-state index contributed by atoms with van der Waals surface area (Å²) < 4.78 is 4.75. The van der Waals surface area contributed by atoms with E-state index in [4.69, 9.17) is 4.52 Å². The van der Waals surface area contributed by atoms with Gasteiger partial charge in [0.15, 0.2) is 0 Å². The highest BCUT2D eigenvalue weighted by molar-refractivity contribution is 5.82. The quantitative estimate of drug-likeness (QED) is 0.915. The Labute approximate surface area is 117 Å². The summed E-state index contributed by atoms with van der Waals surface area (Å²) in [6.07, 6.45) is 2.25. The van der Waals surface area contributed by atoms with E-state index in [9.17, 15) is 4.79 Å². The molecule has 1 aliphatic heterocycles. The van der Waals surface area contributed by atoms with Gasteiger partial charge in [-0.15, -0.1) is 0 Å². The van der Waals surface area contributed by atoms with Gasteiger partial charge < -0.3 is 9.84 Å². The molecule has 2 heterocycles. The Morgan fingerprint density at radius 1 is 1.40 bits per heavy atom. The minimum absolute atomic E-state index is 0.0324. The van der Waals surface area contributed by atoms with Crippen LogP contribution in [0.4, 0.5) is 0 Å². The molecule has 1 aliphatic rings. The molecule has 3 rings (SSSR count). The largest absolute Gasteiger partial charge is 0.364 e. The number of fused-ring (bicyclic) bond motifs is 1. The van der Waals surface area contributed by atoms with Crippen LogP contribution in [-0.4, -0.2) is 29.1 Å². The van der Waals surface area contributed by atoms with Crippen molar-refractivity contribution >= 4 is 5.91 Å². The molecule has 1 N–H and O–H groups in total. The number of hydrogen-bond donors (Lipinski definition) is 1. The van der Waals surface area contributed by atoms with Crippen LogP contribution in [0.3, 0.4) is 0 Å². The van der Waals surface area contributed by atoms with Crippen LogP contribution in [-0.2, 0) is 24.3 Å². The van der Waals surface area contributed by atoms with Gasteiger partial charge in [-0.1, -0.05) is 29.4 Å². The average Bonchev–Trinajstić information content (AvgIpc) is 2.97. The highest BCUT2D eigenvalue weighted by atomic mass is 16.5. The monoisotopic (exact) mass is 271 g/mol. The Bertz CT molecular complexity index is 595. The lowest BCUT2D eigenvalue weighted by atomic mass is 9.94. The summed E-state index contributed by atoms with van der Waals surface area (Å²) in [5, 5.41) is 6.70. The maximum Gasteiger partial charge on any atom is 0.238 e. The second kappa shape index (κ2) is 5.46. The van der Waals surface area contributed by atoms with Gasteiger partial charge in [0.1, 0.15) is 12.0 Å². The van der Waals surface area contributed by atoms with E-state index in [1.54, 1.807) is 6.07 Å². The first-order valence-electron chi connectivity index (χ1n) is 6.68. The van der Waals surface area contributed by atoms with Crippen LogP contribution in [0.5, 0.6) is 0 Å². The van der Waals surface area contributed by atoms with Gasteiger partial charge in [0.05, 0.1) is 12.6 Å². The van der Waals surface area contributed by atoms with Crippen LogP contribution in [0.15, 0.2) is 41.1 Å². The lowest BCUT2D eigenvalue weighted by molar-refractivity contribution is -0.126. The maximum atomic E-state index is 12.3. The Hall–Kier alpha value is -2.14. The van der Waals surface area contributed by atoms with E-state index < -0.39 is 0 Å². The van der Waals surface area contributed by atoms with Crippen LogP contribution in [0.25, 0.3) is 0 Å². The van der Waals surface area contributed by atoms with E-state index in [1.165, 1.54) is 17.4 Å². The number of carbonyl (C=O) groups is 1. The minimum atomic E-state index is -0.128. The molecular weight excluding hydrogens is 254 g/mol. The second-order valence-electron chi connectivity index (χ2n) is 5.11. The van der Waals surface area contributed by atoms with E-state index in [1.807, 2.05) is 19.2 Å². The zero-order chi connectivity index (χ0) is 13.9. The SMILES string of the molecule is CN1Cc2ccccc2C[C@H]1C(=O)NCc1ccon1. The van der Waals surface area contributed by atoms with Gasteiger partial charge in [-0.3, -0.25) is 9.69 Å². The molecule has 0 saturated carbocycles. The molecule has 1 aromatic heterocycles. The van der Waals surface area contributed by atoms with Gasteiger partial charge in [0.2, 0.25) is 5.91 Å². The Morgan fingerprint density at radius 3 is 2.95 bits per heavy atom. The van der Waals surface area contributed by atoms with Gasteiger partial charge in [-0.25, -0.2) is 0 Å². The molecule has 0 saturated heterocycles. The summed E-state index contributed by atoms with van der Waals surface area (Å²) in [4.78, 5) is 14.4. The Kier molecular flexibility index (Phi) is 3.52. The summed E-state index contributed by atoms with van der Waals surface area (Å²) >= 11 is 0. The molecule has 0 radical (unpaired) electrons. The number of nitrogens with zero attached hydrogens (tertiary/aromatic N) is 2. The lowest BCUT2D eigenvalue weighted by Gasteiger charge is -2.32. The molecule has 5 nitrogen and oxygen atoms in total. The number of carbonyl (C=O) groups excluding carboxylic acids is 1. The number of rotatable bonds is 3. The molecule has 1 aromatic carbocycles. The van der Waals surface area contributed by atoms with Gasteiger partial charge in [0.25, 0.3) is 0 Å². The van der Waals surface area contributed by atoms with Crippen molar-refractivity contribution in [1.82, 2.24) is 15.4 Å². The number of amides is 1. The normalized spacial score (nSPS) is 18.6. The van der Waals surface area contributed by atoms with Crippen molar-refractivity contribution < 1.29 is 9.32 Å². The van der Waals surface area contributed by atoms with E-state index in [-0.39, 0.29) is 11.9 Å². The lowest BCUT2D eigenvalue weighted by Crippen LogP contribution is -2.48. The van der Waals surface area contributed by atoms with Crippen molar-refractivity contribution in [3.8, 4) is 0 Å². The highest BCUT2D eigenvalue weighted by Gasteiger charge is 2.28. The number of hydrogen-bond acceptors (Lipinski definition) is 4. The standard InChI is InChI=1S/C15H17N3O2/c1-18-10-12-5-3-2-4-11(12)8-14(18)15(19)16-9-13-6-7-20-17-13/h2-7,14H,8-10H2,1H3,(H,16,19)/t14-/m0/s1. The van der Waals surface area contributed by atoms with Gasteiger partial charge >= 0.3 is 0 Å². The van der Waals surface area contributed by atoms with Crippen molar-refractivity contribution in [2.24, 2.45) is 0 Å². The van der Waals surface area contributed by atoms with E-state index >= 15 is 0 Å². The topological polar surface area (TPSA) is 58.4 Å². The van der Waals surface area contributed by atoms with Crippen LogP contribution in [0.2, 0.25) is 0 Å². The number of nitrogens with one attached hydrogen (secondary N) is 1. The fourth-order valence-electron chi connectivity index (χ4n) is 2.57. The van der Waals surface area contributed by atoms with Crippen LogP contribution < -0.4 is 5.32 Å². The molecule has 0 bridgehead atoms. The molecule has 0 aliphatic carbocycles. The molecule has 1 amide bonds. The zero-order valence-electron chi connectivity index (χ0n) is 11.4. The molecule has 20 heavy (non-hydrogen) atoms. The van der Waals surface area contributed by atoms with Gasteiger partial charge in [-0.05, 0) is 24.6 Å².